The Bertz CT molecular complexity index is 444. The molecule has 0 saturated heterocycles. The molecule has 90 valence electrons. The molecule has 17 heavy (non-hydrogen) atoms. The second-order valence-corrected chi connectivity index (χ2v) is 4.63. The molecule has 1 fully saturated rings. The van der Waals surface area contributed by atoms with Crippen LogP contribution in [0, 0.1) is 5.41 Å². The minimum Gasteiger partial charge on any atom is -0.479 e. The standard InChI is InChI=1S/C14H16O3/c1-10(9-11-5-3-2-4-6-11)14(7-8-14)12(15)13(16)17/h2-6,9,12,15H,7-8H2,1H3,(H,16,17)/b10-9-. The number of hydrogen-bond acceptors (Lipinski definition) is 2. The summed E-state index contributed by atoms with van der Waals surface area (Å²) in [6.45, 7) is 1.90. The molecule has 1 aliphatic carbocycles. The summed E-state index contributed by atoms with van der Waals surface area (Å²) in [6.07, 6.45) is 2.16. The molecule has 0 aromatic heterocycles. The molecule has 1 aliphatic rings. The van der Waals surface area contributed by atoms with E-state index in [1.165, 1.54) is 0 Å². The Hall–Kier alpha value is -1.61. The van der Waals surface area contributed by atoms with Gasteiger partial charge in [0.05, 0.1) is 0 Å². The van der Waals surface area contributed by atoms with Gasteiger partial charge < -0.3 is 10.2 Å². The van der Waals surface area contributed by atoms with Crippen LogP contribution in [0.15, 0.2) is 35.9 Å². The minimum atomic E-state index is -1.29. The molecule has 3 nitrogen and oxygen atoms in total. The van der Waals surface area contributed by atoms with Crippen LogP contribution in [0.4, 0.5) is 0 Å². The fraction of sp³-hybridized carbons (Fsp3) is 0.357. The number of aliphatic hydroxyl groups excluding tert-OH is 1. The van der Waals surface area contributed by atoms with Crippen LogP contribution >= 0.6 is 0 Å². The summed E-state index contributed by atoms with van der Waals surface area (Å²) in [5.74, 6) is -1.14. The van der Waals surface area contributed by atoms with Crippen molar-refractivity contribution in [3.05, 3.63) is 41.5 Å². The lowest BCUT2D eigenvalue weighted by Crippen LogP contribution is -2.31. The summed E-state index contributed by atoms with van der Waals surface area (Å²) in [4.78, 5) is 10.9. The predicted octanol–water partition coefficient (Wildman–Crippen LogP) is 2.32. The molecular weight excluding hydrogens is 216 g/mol. The van der Waals surface area contributed by atoms with Crippen LogP contribution in [0.5, 0.6) is 0 Å². The van der Waals surface area contributed by atoms with E-state index in [-0.39, 0.29) is 0 Å². The topological polar surface area (TPSA) is 57.5 Å². The Labute approximate surface area is 100 Å². The van der Waals surface area contributed by atoms with Crippen molar-refractivity contribution in [3.63, 3.8) is 0 Å². The lowest BCUT2D eigenvalue weighted by Gasteiger charge is -2.19. The molecule has 1 unspecified atom stereocenters. The zero-order valence-corrected chi connectivity index (χ0v) is 9.76. The Morgan fingerprint density at radius 2 is 1.94 bits per heavy atom. The molecule has 2 N–H and O–H groups in total. The highest BCUT2D eigenvalue weighted by Gasteiger charge is 2.53. The first-order valence-corrected chi connectivity index (χ1v) is 5.71. The van der Waals surface area contributed by atoms with Crippen molar-refractivity contribution in [3.8, 4) is 0 Å². The molecule has 3 heteroatoms. The highest BCUT2D eigenvalue weighted by molar-refractivity contribution is 5.75. The third-order valence-electron chi connectivity index (χ3n) is 3.51. The Balaban J connectivity index is 2.23. The maximum Gasteiger partial charge on any atom is 0.333 e. The maximum absolute atomic E-state index is 10.9. The van der Waals surface area contributed by atoms with Crippen molar-refractivity contribution in [2.24, 2.45) is 5.41 Å². The smallest absolute Gasteiger partial charge is 0.333 e. The van der Waals surface area contributed by atoms with Gasteiger partial charge in [-0.15, -0.1) is 0 Å². The van der Waals surface area contributed by atoms with Gasteiger partial charge in [-0.1, -0.05) is 42.0 Å². The summed E-state index contributed by atoms with van der Waals surface area (Å²) in [7, 11) is 0. The van der Waals surface area contributed by atoms with Crippen LogP contribution in [0.1, 0.15) is 25.3 Å². The largest absolute Gasteiger partial charge is 0.479 e. The van der Waals surface area contributed by atoms with E-state index in [4.69, 9.17) is 5.11 Å². The summed E-state index contributed by atoms with van der Waals surface area (Å²) < 4.78 is 0. The fourth-order valence-corrected chi connectivity index (χ4v) is 2.20. The molecule has 0 heterocycles. The molecule has 1 atom stereocenters. The van der Waals surface area contributed by atoms with Gasteiger partial charge in [-0.2, -0.15) is 0 Å². The summed E-state index contributed by atoms with van der Waals surface area (Å²) >= 11 is 0. The van der Waals surface area contributed by atoms with Crippen molar-refractivity contribution in [1.82, 2.24) is 0 Å². The van der Waals surface area contributed by atoms with Crippen LogP contribution in [-0.2, 0) is 4.79 Å². The second-order valence-electron chi connectivity index (χ2n) is 4.63. The van der Waals surface area contributed by atoms with Gasteiger partial charge in [0.1, 0.15) is 0 Å². The normalized spacial score (nSPS) is 19.8. The van der Waals surface area contributed by atoms with E-state index in [1.807, 2.05) is 43.3 Å². The van der Waals surface area contributed by atoms with Crippen LogP contribution in [0.3, 0.4) is 0 Å². The second kappa shape index (κ2) is 4.34. The molecule has 1 saturated carbocycles. The van der Waals surface area contributed by atoms with E-state index < -0.39 is 17.5 Å². The van der Waals surface area contributed by atoms with E-state index in [0.717, 1.165) is 24.0 Å². The van der Waals surface area contributed by atoms with E-state index in [0.29, 0.717) is 0 Å². The van der Waals surface area contributed by atoms with Gasteiger partial charge in [0.25, 0.3) is 0 Å². The third kappa shape index (κ3) is 2.24. The third-order valence-corrected chi connectivity index (χ3v) is 3.51. The van der Waals surface area contributed by atoms with Crippen molar-refractivity contribution in [2.75, 3.05) is 0 Å². The molecule has 1 aromatic carbocycles. The molecule has 0 aliphatic heterocycles. The van der Waals surface area contributed by atoms with Gasteiger partial charge in [-0.05, 0) is 25.3 Å². The molecule has 2 rings (SSSR count). The number of hydrogen-bond donors (Lipinski definition) is 2. The first kappa shape index (κ1) is 11.9. The Morgan fingerprint density at radius 3 is 2.41 bits per heavy atom. The number of rotatable bonds is 4. The molecular formula is C14H16O3. The molecule has 0 radical (unpaired) electrons. The first-order chi connectivity index (χ1) is 8.06. The maximum atomic E-state index is 10.9. The van der Waals surface area contributed by atoms with Crippen molar-refractivity contribution in [2.45, 2.75) is 25.9 Å². The van der Waals surface area contributed by atoms with Crippen LogP contribution in [-0.4, -0.2) is 22.3 Å². The first-order valence-electron chi connectivity index (χ1n) is 5.71. The zero-order chi connectivity index (χ0) is 12.5. The fourth-order valence-electron chi connectivity index (χ4n) is 2.20. The van der Waals surface area contributed by atoms with Gasteiger partial charge in [-0.3, -0.25) is 0 Å². The van der Waals surface area contributed by atoms with Crippen molar-refractivity contribution >= 4 is 12.0 Å². The Kier molecular flexibility index (Phi) is 3.03. The van der Waals surface area contributed by atoms with Gasteiger partial charge in [0.15, 0.2) is 6.10 Å². The van der Waals surface area contributed by atoms with Gasteiger partial charge in [0.2, 0.25) is 0 Å². The molecule has 0 spiro atoms. The molecule has 0 amide bonds. The van der Waals surface area contributed by atoms with Crippen molar-refractivity contribution < 1.29 is 15.0 Å². The number of aliphatic carboxylic acids is 1. The van der Waals surface area contributed by atoms with Crippen LogP contribution in [0.25, 0.3) is 6.08 Å². The van der Waals surface area contributed by atoms with E-state index in [1.54, 1.807) is 0 Å². The minimum absolute atomic E-state index is 0.540. The lowest BCUT2D eigenvalue weighted by atomic mass is 9.89. The lowest BCUT2D eigenvalue weighted by molar-refractivity contribution is -0.149. The van der Waals surface area contributed by atoms with Gasteiger partial charge in [-0.25, -0.2) is 4.79 Å². The van der Waals surface area contributed by atoms with Crippen LogP contribution in [0.2, 0.25) is 0 Å². The van der Waals surface area contributed by atoms with E-state index in [9.17, 15) is 9.90 Å². The monoisotopic (exact) mass is 232 g/mol. The number of carboxylic acid groups (broad SMARTS) is 1. The number of aliphatic hydroxyl groups is 1. The number of carboxylic acids is 1. The van der Waals surface area contributed by atoms with E-state index >= 15 is 0 Å². The quantitative estimate of drug-likeness (QED) is 0.837. The molecule has 0 bridgehead atoms. The average Bonchev–Trinajstić information content (AvgIpc) is 3.10. The van der Waals surface area contributed by atoms with Crippen molar-refractivity contribution in [1.29, 1.82) is 0 Å². The molecule has 1 aromatic rings. The van der Waals surface area contributed by atoms with E-state index in [2.05, 4.69) is 0 Å². The summed E-state index contributed by atoms with van der Waals surface area (Å²) in [5.41, 5.74) is 1.44. The highest BCUT2D eigenvalue weighted by Crippen LogP contribution is 2.55. The summed E-state index contributed by atoms with van der Waals surface area (Å²) in [5, 5.41) is 18.6. The highest BCUT2D eigenvalue weighted by atomic mass is 16.4. The van der Waals surface area contributed by atoms with Gasteiger partial charge in [0, 0.05) is 5.41 Å². The average molecular weight is 232 g/mol. The SMILES string of the molecule is C/C(=C/c1ccccc1)C1(C(O)C(=O)O)CC1. The zero-order valence-electron chi connectivity index (χ0n) is 9.76. The summed E-state index contributed by atoms with van der Waals surface area (Å²) in [6, 6.07) is 9.74. The predicted molar refractivity (Wildman–Crippen MR) is 65.4 cm³/mol. The number of benzene rings is 1. The Morgan fingerprint density at radius 1 is 1.35 bits per heavy atom. The number of carbonyl (C=O) groups is 1. The van der Waals surface area contributed by atoms with Crippen LogP contribution < -0.4 is 0 Å². The van der Waals surface area contributed by atoms with Gasteiger partial charge >= 0.3 is 5.97 Å².